The highest BCUT2D eigenvalue weighted by Crippen LogP contribution is 2.37. The number of allylic oxidation sites excluding steroid dienone is 2. The van der Waals surface area contributed by atoms with Gasteiger partial charge in [-0.3, -0.25) is 4.99 Å². The third-order valence-corrected chi connectivity index (χ3v) is 3.48. The lowest BCUT2D eigenvalue weighted by molar-refractivity contribution is 0.935. The molecule has 1 aliphatic carbocycles. The van der Waals surface area contributed by atoms with Crippen LogP contribution >= 0.6 is 11.6 Å². The number of rotatable bonds is 1. The number of aliphatic imine (C=N–C) groups is 1. The topological polar surface area (TPSA) is 12.4 Å². The molecule has 16 heavy (non-hydrogen) atoms. The van der Waals surface area contributed by atoms with Crippen molar-refractivity contribution in [2.75, 3.05) is 0 Å². The summed E-state index contributed by atoms with van der Waals surface area (Å²) in [5, 5.41) is -0.102. The van der Waals surface area contributed by atoms with Crippen LogP contribution in [0.15, 0.2) is 40.5 Å². The van der Waals surface area contributed by atoms with Gasteiger partial charge < -0.3 is 0 Å². The first-order valence-electron chi connectivity index (χ1n) is 5.64. The summed E-state index contributed by atoms with van der Waals surface area (Å²) < 4.78 is 0. The van der Waals surface area contributed by atoms with E-state index in [2.05, 4.69) is 30.1 Å². The summed E-state index contributed by atoms with van der Waals surface area (Å²) in [6.07, 6.45) is 3.93. The Labute approximate surface area is 102 Å². The fourth-order valence-corrected chi connectivity index (χ4v) is 2.59. The quantitative estimate of drug-likeness (QED) is 0.507. The lowest BCUT2D eigenvalue weighted by atomic mass is 10.0. The van der Waals surface area contributed by atoms with Crippen LogP contribution < -0.4 is 0 Å². The van der Waals surface area contributed by atoms with Crippen LogP contribution in [0.5, 0.6) is 0 Å². The molecule has 0 bridgehead atoms. The molecule has 1 aromatic carbocycles. The van der Waals surface area contributed by atoms with Crippen LogP contribution in [0.2, 0.25) is 0 Å². The summed E-state index contributed by atoms with van der Waals surface area (Å²) in [7, 11) is 0. The van der Waals surface area contributed by atoms with Crippen molar-refractivity contribution in [3.63, 3.8) is 0 Å². The number of nitrogens with zero attached hydrogens (tertiary/aromatic N) is 1. The molecule has 0 aliphatic heterocycles. The number of benzene rings is 1. The first kappa shape index (κ1) is 11.4. The van der Waals surface area contributed by atoms with E-state index in [1.54, 1.807) is 0 Å². The second-order valence-corrected chi connectivity index (χ2v) is 4.55. The number of alkyl halides is 1. The van der Waals surface area contributed by atoms with E-state index in [4.69, 9.17) is 11.6 Å². The number of fused-ring (bicyclic) bond motifs is 1. The third-order valence-electron chi connectivity index (χ3n) is 3.04. The summed E-state index contributed by atoms with van der Waals surface area (Å²) in [5.74, 6) is 0. The molecule has 84 valence electrons. The van der Waals surface area contributed by atoms with Crippen molar-refractivity contribution in [1.82, 2.24) is 0 Å². The molecule has 0 fully saturated rings. The molecule has 0 N–H and O–H groups in total. The summed E-state index contributed by atoms with van der Waals surface area (Å²) in [6.45, 7) is 4.06. The third kappa shape index (κ3) is 2.05. The van der Waals surface area contributed by atoms with E-state index >= 15 is 0 Å². The maximum Gasteiger partial charge on any atom is 0.101 e. The zero-order valence-corrected chi connectivity index (χ0v) is 10.5. The Morgan fingerprint density at radius 2 is 2.06 bits per heavy atom. The largest absolute Gasteiger partial charge is 0.264 e. The highest BCUT2D eigenvalue weighted by Gasteiger charge is 2.21. The lowest BCUT2D eigenvalue weighted by Gasteiger charge is -2.12. The SMILES string of the molecule is CC=NC1=C(C)CCc2ccccc2C1Cl. The lowest BCUT2D eigenvalue weighted by Crippen LogP contribution is -1.96. The predicted molar refractivity (Wildman–Crippen MR) is 70.2 cm³/mol. The number of hydrogen-bond donors (Lipinski definition) is 0. The Balaban J connectivity index is 2.49. The van der Waals surface area contributed by atoms with Crippen LogP contribution in [-0.4, -0.2) is 6.21 Å². The zero-order chi connectivity index (χ0) is 11.5. The van der Waals surface area contributed by atoms with Crippen LogP contribution in [0.1, 0.15) is 36.8 Å². The normalized spacial score (nSPS) is 21.1. The van der Waals surface area contributed by atoms with E-state index in [-0.39, 0.29) is 5.38 Å². The minimum Gasteiger partial charge on any atom is -0.264 e. The molecule has 0 saturated heterocycles. The zero-order valence-electron chi connectivity index (χ0n) is 9.70. The van der Waals surface area contributed by atoms with Gasteiger partial charge in [0.15, 0.2) is 0 Å². The van der Waals surface area contributed by atoms with Gasteiger partial charge in [0.05, 0.1) is 5.70 Å². The summed E-state index contributed by atoms with van der Waals surface area (Å²) in [4.78, 5) is 4.43. The Bertz CT molecular complexity index is 446. The fourth-order valence-electron chi connectivity index (χ4n) is 2.14. The highest BCUT2D eigenvalue weighted by atomic mass is 35.5. The molecule has 2 heteroatoms. The molecular weight excluding hydrogens is 218 g/mol. The average Bonchev–Trinajstić information content (AvgIpc) is 2.42. The number of aryl methyl sites for hydroxylation is 1. The van der Waals surface area contributed by atoms with Crippen molar-refractivity contribution in [2.24, 2.45) is 4.99 Å². The van der Waals surface area contributed by atoms with E-state index in [9.17, 15) is 0 Å². The van der Waals surface area contributed by atoms with Crippen LogP contribution in [-0.2, 0) is 6.42 Å². The smallest absolute Gasteiger partial charge is 0.101 e. The van der Waals surface area contributed by atoms with E-state index < -0.39 is 0 Å². The monoisotopic (exact) mass is 233 g/mol. The number of halogens is 1. The van der Waals surface area contributed by atoms with Gasteiger partial charge in [0.1, 0.15) is 5.38 Å². The van der Waals surface area contributed by atoms with Crippen molar-refractivity contribution in [1.29, 1.82) is 0 Å². The van der Waals surface area contributed by atoms with Gasteiger partial charge in [-0.15, -0.1) is 11.6 Å². The van der Waals surface area contributed by atoms with Gasteiger partial charge in [-0.05, 0) is 43.4 Å². The van der Waals surface area contributed by atoms with E-state index in [1.165, 1.54) is 16.7 Å². The Kier molecular flexibility index (Phi) is 3.45. The molecule has 1 aromatic rings. The van der Waals surface area contributed by atoms with Crippen molar-refractivity contribution in [2.45, 2.75) is 32.1 Å². The Morgan fingerprint density at radius 3 is 2.81 bits per heavy atom. The highest BCUT2D eigenvalue weighted by molar-refractivity contribution is 6.22. The Morgan fingerprint density at radius 1 is 1.31 bits per heavy atom. The molecule has 0 spiro atoms. The van der Waals surface area contributed by atoms with Crippen LogP contribution in [0, 0.1) is 0 Å². The van der Waals surface area contributed by atoms with Gasteiger partial charge in [0.2, 0.25) is 0 Å². The Hall–Kier alpha value is -1.08. The van der Waals surface area contributed by atoms with E-state index in [0.717, 1.165) is 18.5 Å². The first-order valence-corrected chi connectivity index (χ1v) is 6.08. The molecule has 2 rings (SSSR count). The van der Waals surface area contributed by atoms with E-state index in [1.807, 2.05) is 19.2 Å². The van der Waals surface area contributed by atoms with Gasteiger partial charge in [0, 0.05) is 6.21 Å². The minimum absolute atomic E-state index is 0.102. The molecule has 1 nitrogen and oxygen atoms in total. The molecular formula is C14H16ClN. The van der Waals surface area contributed by atoms with Crippen LogP contribution in [0.25, 0.3) is 0 Å². The van der Waals surface area contributed by atoms with Gasteiger partial charge in [-0.2, -0.15) is 0 Å². The predicted octanol–water partition coefficient (Wildman–Crippen LogP) is 4.28. The van der Waals surface area contributed by atoms with Crippen molar-refractivity contribution < 1.29 is 0 Å². The maximum absolute atomic E-state index is 6.52. The molecule has 1 unspecified atom stereocenters. The van der Waals surface area contributed by atoms with Crippen LogP contribution in [0.4, 0.5) is 0 Å². The van der Waals surface area contributed by atoms with Gasteiger partial charge in [-0.1, -0.05) is 24.3 Å². The molecule has 0 heterocycles. The molecule has 1 atom stereocenters. The van der Waals surface area contributed by atoms with Crippen molar-refractivity contribution in [3.8, 4) is 0 Å². The number of hydrogen-bond acceptors (Lipinski definition) is 1. The minimum atomic E-state index is -0.102. The van der Waals surface area contributed by atoms with Crippen molar-refractivity contribution in [3.05, 3.63) is 46.7 Å². The molecule has 0 radical (unpaired) electrons. The molecule has 0 aromatic heterocycles. The average molecular weight is 234 g/mol. The van der Waals surface area contributed by atoms with Gasteiger partial charge in [0.25, 0.3) is 0 Å². The molecule has 1 aliphatic rings. The second-order valence-electron chi connectivity index (χ2n) is 4.11. The molecule has 0 amide bonds. The summed E-state index contributed by atoms with van der Waals surface area (Å²) in [6, 6.07) is 8.39. The van der Waals surface area contributed by atoms with E-state index in [0.29, 0.717) is 0 Å². The van der Waals surface area contributed by atoms with Gasteiger partial charge in [-0.25, -0.2) is 0 Å². The fraction of sp³-hybridized carbons (Fsp3) is 0.357. The maximum atomic E-state index is 6.52. The molecule has 0 saturated carbocycles. The second kappa shape index (κ2) is 4.84. The van der Waals surface area contributed by atoms with Crippen LogP contribution in [0.3, 0.4) is 0 Å². The summed E-state index contributed by atoms with van der Waals surface area (Å²) >= 11 is 6.52. The standard InChI is InChI=1S/C14H16ClN/c1-3-16-14-10(2)8-9-11-6-4-5-7-12(11)13(14)15/h3-7,13H,8-9H2,1-2H3. The van der Waals surface area contributed by atoms with Gasteiger partial charge >= 0.3 is 0 Å². The van der Waals surface area contributed by atoms with Crippen molar-refractivity contribution >= 4 is 17.8 Å². The summed E-state index contributed by atoms with van der Waals surface area (Å²) in [5.41, 5.74) is 4.88. The first-order chi connectivity index (χ1) is 7.74.